The second-order valence-corrected chi connectivity index (χ2v) is 6.92. The quantitative estimate of drug-likeness (QED) is 0.398. The number of alkyl halides is 3. The van der Waals surface area contributed by atoms with E-state index in [1.807, 2.05) is 0 Å². The predicted molar refractivity (Wildman–Crippen MR) is 86.4 cm³/mol. The molecule has 0 amide bonds. The summed E-state index contributed by atoms with van der Waals surface area (Å²) in [6, 6.07) is 1.73. The van der Waals surface area contributed by atoms with Crippen LogP contribution < -0.4 is 0 Å². The Morgan fingerprint density at radius 2 is 1.56 bits per heavy atom. The van der Waals surface area contributed by atoms with Crippen molar-refractivity contribution in [2.24, 2.45) is 5.92 Å². The van der Waals surface area contributed by atoms with Gasteiger partial charge in [0.05, 0.1) is 0 Å². The van der Waals surface area contributed by atoms with Gasteiger partial charge >= 0.3 is 6.18 Å². The molecule has 142 valence electrons. The third-order valence-electron chi connectivity index (χ3n) is 5.13. The van der Waals surface area contributed by atoms with E-state index in [1.54, 1.807) is 7.11 Å². The molecule has 0 bridgehead atoms. The standard InChI is InChI=1S/C19H25F5O/c1-25-10-4-2-3-5-13-6-8-14(9-7-13)15-11-16(20)18(17(21)12-15)19(22,23)24/h11-14H,2-10H2,1H3. The highest BCUT2D eigenvalue weighted by Crippen LogP contribution is 2.40. The summed E-state index contributed by atoms with van der Waals surface area (Å²) in [4.78, 5) is 0. The molecule has 0 heterocycles. The van der Waals surface area contributed by atoms with E-state index >= 15 is 0 Å². The summed E-state index contributed by atoms with van der Waals surface area (Å²) in [5.74, 6) is -2.48. The summed E-state index contributed by atoms with van der Waals surface area (Å²) in [5, 5.41) is 0. The molecule has 1 fully saturated rings. The van der Waals surface area contributed by atoms with Gasteiger partial charge in [-0.1, -0.05) is 19.3 Å². The van der Waals surface area contributed by atoms with Gasteiger partial charge in [-0.25, -0.2) is 8.78 Å². The smallest absolute Gasteiger partial charge is 0.385 e. The molecule has 1 aliphatic carbocycles. The number of methoxy groups -OCH3 is 1. The van der Waals surface area contributed by atoms with Crippen molar-refractivity contribution in [2.45, 2.75) is 63.5 Å². The van der Waals surface area contributed by atoms with Crippen molar-refractivity contribution in [3.8, 4) is 0 Å². The van der Waals surface area contributed by atoms with Crippen molar-refractivity contribution in [1.29, 1.82) is 0 Å². The summed E-state index contributed by atoms with van der Waals surface area (Å²) >= 11 is 0. The van der Waals surface area contributed by atoms with Crippen LogP contribution in [0.4, 0.5) is 22.0 Å². The molecule has 25 heavy (non-hydrogen) atoms. The summed E-state index contributed by atoms with van der Waals surface area (Å²) in [6.45, 7) is 0.776. The van der Waals surface area contributed by atoms with Crippen molar-refractivity contribution in [1.82, 2.24) is 0 Å². The molecule has 0 saturated heterocycles. The fourth-order valence-corrected chi connectivity index (χ4v) is 3.74. The molecule has 1 aromatic carbocycles. The molecule has 1 nitrogen and oxygen atoms in total. The monoisotopic (exact) mass is 364 g/mol. The maximum absolute atomic E-state index is 13.7. The molecule has 0 radical (unpaired) electrons. The summed E-state index contributed by atoms with van der Waals surface area (Å²) in [7, 11) is 1.69. The third kappa shape index (κ3) is 5.66. The number of benzene rings is 1. The molecule has 0 atom stereocenters. The van der Waals surface area contributed by atoms with Crippen LogP contribution in [0.15, 0.2) is 12.1 Å². The lowest BCUT2D eigenvalue weighted by Crippen LogP contribution is -2.16. The molecule has 1 aromatic rings. The Labute approximate surface area is 145 Å². The zero-order chi connectivity index (χ0) is 18.4. The number of halogens is 5. The summed E-state index contributed by atoms with van der Waals surface area (Å²) < 4.78 is 70.4. The number of hydrogen-bond acceptors (Lipinski definition) is 1. The van der Waals surface area contributed by atoms with Crippen molar-refractivity contribution in [2.75, 3.05) is 13.7 Å². The third-order valence-corrected chi connectivity index (χ3v) is 5.13. The largest absolute Gasteiger partial charge is 0.422 e. The first-order valence-electron chi connectivity index (χ1n) is 8.88. The average Bonchev–Trinajstić information content (AvgIpc) is 2.53. The minimum Gasteiger partial charge on any atom is -0.385 e. The second-order valence-electron chi connectivity index (χ2n) is 6.92. The predicted octanol–water partition coefficient (Wildman–Crippen LogP) is 6.46. The van der Waals surface area contributed by atoms with Gasteiger partial charge in [-0.05, 0) is 61.6 Å². The Bertz CT molecular complexity index is 524. The van der Waals surface area contributed by atoms with E-state index in [0.717, 1.165) is 70.1 Å². The highest BCUT2D eigenvalue weighted by molar-refractivity contribution is 5.30. The van der Waals surface area contributed by atoms with Gasteiger partial charge < -0.3 is 4.74 Å². The average molecular weight is 364 g/mol. The lowest BCUT2D eigenvalue weighted by molar-refractivity contribution is -0.142. The first-order valence-corrected chi connectivity index (χ1v) is 8.88. The minimum atomic E-state index is -5.01. The number of unbranched alkanes of at least 4 members (excludes halogenated alkanes) is 2. The first-order chi connectivity index (χ1) is 11.8. The lowest BCUT2D eigenvalue weighted by Gasteiger charge is -2.29. The van der Waals surface area contributed by atoms with Gasteiger partial charge in [0.15, 0.2) is 0 Å². The molecule has 2 rings (SSSR count). The fourth-order valence-electron chi connectivity index (χ4n) is 3.74. The van der Waals surface area contributed by atoms with Crippen LogP contribution >= 0.6 is 0 Å². The van der Waals surface area contributed by atoms with Gasteiger partial charge in [0.2, 0.25) is 0 Å². The van der Waals surface area contributed by atoms with Crippen molar-refractivity contribution in [3.63, 3.8) is 0 Å². The van der Waals surface area contributed by atoms with Crippen LogP contribution in [0.2, 0.25) is 0 Å². The Morgan fingerprint density at radius 1 is 0.960 bits per heavy atom. The van der Waals surface area contributed by atoms with Gasteiger partial charge in [0, 0.05) is 13.7 Å². The summed E-state index contributed by atoms with van der Waals surface area (Å²) in [5.41, 5.74) is -1.44. The van der Waals surface area contributed by atoms with Crippen molar-refractivity contribution in [3.05, 3.63) is 34.9 Å². The molecule has 0 aromatic heterocycles. The van der Waals surface area contributed by atoms with E-state index in [4.69, 9.17) is 4.74 Å². The fraction of sp³-hybridized carbons (Fsp3) is 0.684. The maximum Gasteiger partial charge on any atom is 0.422 e. The van der Waals surface area contributed by atoms with Crippen molar-refractivity contribution < 1.29 is 26.7 Å². The molecule has 1 saturated carbocycles. The topological polar surface area (TPSA) is 9.23 Å². The van der Waals surface area contributed by atoms with E-state index in [2.05, 4.69) is 0 Å². The van der Waals surface area contributed by atoms with Crippen LogP contribution in [0.1, 0.15) is 68.4 Å². The van der Waals surface area contributed by atoms with E-state index in [1.165, 1.54) is 0 Å². The van der Waals surface area contributed by atoms with Crippen LogP contribution in [0.5, 0.6) is 0 Å². The minimum absolute atomic E-state index is 0.0592. The van der Waals surface area contributed by atoms with Gasteiger partial charge in [0.1, 0.15) is 17.2 Å². The van der Waals surface area contributed by atoms with Crippen LogP contribution in [-0.2, 0) is 10.9 Å². The molecular formula is C19H25F5O. The Kier molecular flexibility index (Phi) is 7.23. The zero-order valence-corrected chi connectivity index (χ0v) is 14.5. The van der Waals surface area contributed by atoms with Crippen molar-refractivity contribution >= 4 is 0 Å². The second kappa shape index (κ2) is 8.97. The number of ether oxygens (including phenoxy) is 1. The van der Waals surface area contributed by atoms with Gasteiger partial charge in [0.25, 0.3) is 0 Å². The molecule has 1 aliphatic rings. The molecule has 6 heteroatoms. The maximum atomic E-state index is 13.7. The highest BCUT2D eigenvalue weighted by Gasteiger charge is 2.38. The SMILES string of the molecule is COCCCCCC1CCC(c2cc(F)c(C(F)(F)F)c(F)c2)CC1. The van der Waals surface area contributed by atoms with E-state index < -0.39 is 23.4 Å². The Morgan fingerprint density at radius 3 is 2.08 bits per heavy atom. The molecular weight excluding hydrogens is 339 g/mol. The van der Waals surface area contributed by atoms with Crippen LogP contribution in [0.3, 0.4) is 0 Å². The van der Waals surface area contributed by atoms with Crippen LogP contribution in [0.25, 0.3) is 0 Å². The lowest BCUT2D eigenvalue weighted by atomic mass is 9.77. The molecule has 0 aliphatic heterocycles. The normalized spacial score (nSPS) is 21.5. The zero-order valence-electron chi connectivity index (χ0n) is 14.5. The van der Waals surface area contributed by atoms with Gasteiger partial charge in [-0.2, -0.15) is 13.2 Å². The van der Waals surface area contributed by atoms with Gasteiger partial charge in [-0.15, -0.1) is 0 Å². The Balaban J connectivity index is 1.88. The van der Waals surface area contributed by atoms with E-state index in [0.29, 0.717) is 11.5 Å². The molecule has 0 spiro atoms. The number of hydrogen-bond donors (Lipinski definition) is 0. The van der Waals surface area contributed by atoms with Crippen LogP contribution in [0, 0.1) is 17.6 Å². The molecule has 0 unspecified atom stereocenters. The van der Waals surface area contributed by atoms with E-state index in [-0.39, 0.29) is 5.92 Å². The van der Waals surface area contributed by atoms with Gasteiger partial charge in [-0.3, -0.25) is 0 Å². The highest BCUT2D eigenvalue weighted by atomic mass is 19.4. The first kappa shape index (κ1) is 20.1. The Hall–Kier alpha value is -1.17. The summed E-state index contributed by atoms with van der Waals surface area (Å²) in [6.07, 6.45) is 2.90. The number of rotatable bonds is 7. The van der Waals surface area contributed by atoms with Crippen LogP contribution in [-0.4, -0.2) is 13.7 Å². The van der Waals surface area contributed by atoms with E-state index in [9.17, 15) is 22.0 Å². The molecule has 0 N–H and O–H groups in total.